The molecule has 0 fully saturated rings. The molecule has 3 aromatic carbocycles. The molecule has 0 spiro atoms. The Morgan fingerprint density at radius 3 is 1.00 bits per heavy atom. The standard InChI is InChI=1S/3C7H7.2NO3.Sb/c3*1-7-5-3-2-4-6-7;2*2-1(3)4;/h3*3-6H,1H3;;;/q;;;2*-1;+2. The van der Waals surface area contributed by atoms with Gasteiger partial charge < -0.3 is 0 Å². The molecule has 30 heavy (non-hydrogen) atoms. The van der Waals surface area contributed by atoms with E-state index in [4.69, 9.17) is 6.23 Å². The van der Waals surface area contributed by atoms with Gasteiger partial charge in [-0.3, -0.25) is 0 Å². The van der Waals surface area contributed by atoms with Gasteiger partial charge in [-0.1, -0.05) is 0 Å². The average Bonchev–Trinajstić information content (AvgIpc) is 2.68. The van der Waals surface area contributed by atoms with Crippen molar-refractivity contribution in [2.75, 3.05) is 0 Å². The van der Waals surface area contributed by atoms with Crippen molar-refractivity contribution in [3.8, 4) is 0 Å². The number of aryl methyl sites for hydroxylation is 3. The van der Waals surface area contributed by atoms with Crippen LogP contribution >= 0.6 is 0 Å². The van der Waals surface area contributed by atoms with E-state index in [2.05, 4.69) is 0 Å². The summed E-state index contributed by atoms with van der Waals surface area (Å²) in [6.07, 6.45) is 0. The summed E-state index contributed by atoms with van der Waals surface area (Å²) in [6.45, 7) is 5.56. The van der Waals surface area contributed by atoms with Gasteiger partial charge in [0, 0.05) is 0 Å². The van der Waals surface area contributed by atoms with E-state index in [9.17, 15) is 20.2 Å². The molecule has 0 amide bonds. The van der Waals surface area contributed by atoms with E-state index in [1.807, 2.05) is 20.8 Å². The first-order valence-corrected chi connectivity index (χ1v) is 15.0. The van der Waals surface area contributed by atoms with Gasteiger partial charge in [-0.15, -0.1) is 0 Å². The molecule has 9 heteroatoms. The summed E-state index contributed by atoms with van der Waals surface area (Å²) >= 11 is -6.22. The van der Waals surface area contributed by atoms with Crippen molar-refractivity contribution in [2.24, 2.45) is 0 Å². The molecule has 0 saturated heterocycles. The van der Waals surface area contributed by atoms with E-state index in [0.29, 0.717) is 0 Å². The van der Waals surface area contributed by atoms with Gasteiger partial charge >= 0.3 is 176 Å². The molecule has 3 aromatic rings. The quantitative estimate of drug-likeness (QED) is 0.270. The van der Waals surface area contributed by atoms with Gasteiger partial charge in [0.2, 0.25) is 0 Å². The Morgan fingerprint density at radius 2 is 0.800 bits per heavy atom. The van der Waals surface area contributed by atoms with E-state index < -0.39 is 28.4 Å². The fourth-order valence-electron chi connectivity index (χ4n) is 3.45. The molecular formula is C21H21N2O6Sb. The van der Waals surface area contributed by atoms with Crippen LogP contribution in [0.25, 0.3) is 0 Å². The minimum atomic E-state index is -6.22. The van der Waals surface area contributed by atoms with Crippen LogP contribution in [0.15, 0.2) is 72.8 Å². The van der Waals surface area contributed by atoms with Crippen LogP contribution in [-0.2, 0) is 6.23 Å². The minimum absolute atomic E-state index is 0.287. The first kappa shape index (κ1) is 21.6. The van der Waals surface area contributed by atoms with E-state index in [1.54, 1.807) is 72.8 Å². The number of hydrogen-bond acceptors (Lipinski definition) is 6. The van der Waals surface area contributed by atoms with Gasteiger partial charge in [-0.2, -0.15) is 0 Å². The molecule has 3 rings (SSSR count). The van der Waals surface area contributed by atoms with Crippen LogP contribution in [-0.4, -0.2) is 28.4 Å². The van der Waals surface area contributed by atoms with Crippen molar-refractivity contribution in [2.45, 2.75) is 20.8 Å². The Kier molecular flexibility index (Phi) is 5.72. The fourth-order valence-corrected chi connectivity index (χ4v) is 15.1. The van der Waals surface area contributed by atoms with Crippen LogP contribution < -0.4 is 10.5 Å². The van der Waals surface area contributed by atoms with E-state index in [-0.39, 0.29) is 10.5 Å². The number of rotatable bonds is 7. The van der Waals surface area contributed by atoms with Gasteiger partial charge in [0.15, 0.2) is 0 Å². The molecule has 0 aliphatic carbocycles. The van der Waals surface area contributed by atoms with Crippen LogP contribution in [0.4, 0.5) is 0 Å². The first-order valence-electron chi connectivity index (χ1n) is 9.10. The van der Waals surface area contributed by atoms with Crippen LogP contribution in [0.5, 0.6) is 0 Å². The van der Waals surface area contributed by atoms with E-state index in [0.717, 1.165) is 16.7 Å². The van der Waals surface area contributed by atoms with Crippen molar-refractivity contribution < 1.29 is 16.4 Å². The van der Waals surface area contributed by atoms with E-state index >= 15 is 0 Å². The molecule has 8 nitrogen and oxygen atoms in total. The summed E-state index contributed by atoms with van der Waals surface area (Å²) in [5.41, 5.74) is 2.67. The fraction of sp³-hybridized carbons (Fsp3) is 0.143. The Morgan fingerprint density at radius 1 is 0.567 bits per heavy atom. The number of hydrogen-bond donors (Lipinski definition) is 0. The van der Waals surface area contributed by atoms with Crippen LogP contribution in [0.2, 0.25) is 0 Å². The monoisotopic (exact) mass is 518 g/mol. The molecule has 0 aromatic heterocycles. The maximum atomic E-state index is 11.9. The summed E-state index contributed by atoms with van der Waals surface area (Å²) in [5.74, 6) is 0. The zero-order valence-corrected chi connectivity index (χ0v) is 19.3. The van der Waals surface area contributed by atoms with Crippen molar-refractivity contribution >= 4 is 28.8 Å². The maximum absolute atomic E-state index is 11.9. The van der Waals surface area contributed by atoms with Gasteiger partial charge in [0.25, 0.3) is 0 Å². The third-order valence-corrected chi connectivity index (χ3v) is 18.1. The Hall–Kier alpha value is -3.12. The van der Waals surface area contributed by atoms with Crippen LogP contribution in [0.1, 0.15) is 16.7 Å². The summed E-state index contributed by atoms with van der Waals surface area (Å²) in [6, 6.07) is 20.1. The molecule has 0 aliphatic rings. The Balaban J connectivity index is 2.57. The number of benzene rings is 3. The summed E-state index contributed by atoms with van der Waals surface area (Å²) in [5, 5.41) is 21.7. The average molecular weight is 519 g/mol. The third-order valence-electron chi connectivity index (χ3n) is 4.95. The molecule has 156 valence electrons. The predicted octanol–water partition coefficient (Wildman–Crippen LogP) is 2.45. The summed E-state index contributed by atoms with van der Waals surface area (Å²) < 4.78 is 11.8. The van der Waals surface area contributed by atoms with Crippen molar-refractivity contribution in [1.82, 2.24) is 0 Å². The SMILES string of the molecule is Cc1cc[c]([Sb]([O][N+](=O)[O-])([O][N+](=O)[O-])([c]2ccc(C)cc2)[c]2ccc(C)cc2)cc1. The molecular weight excluding hydrogens is 498 g/mol. The molecule has 0 heterocycles. The van der Waals surface area contributed by atoms with Crippen LogP contribution in [0.3, 0.4) is 0 Å². The Bertz CT molecular complexity index is 948. The van der Waals surface area contributed by atoms with Crippen molar-refractivity contribution in [1.29, 1.82) is 0 Å². The molecule has 0 atom stereocenters. The number of nitrogens with zero attached hydrogens (tertiary/aromatic N) is 2. The molecule has 0 unspecified atom stereocenters. The van der Waals surface area contributed by atoms with Crippen molar-refractivity contribution in [3.05, 3.63) is 110 Å². The second-order valence-electron chi connectivity index (χ2n) is 7.07. The zero-order valence-electron chi connectivity index (χ0n) is 16.7. The molecule has 0 radical (unpaired) electrons. The topological polar surface area (TPSA) is 105 Å². The normalized spacial score (nSPS) is 12.4. The van der Waals surface area contributed by atoms with Gasteiger partial charge in [0.1, 0.15) is 0 Å². The molecule has 0 aliphatic heterocycles. The Labute approximate surface area is 175 Å². The van der Waals surface area contributed by atoms with Crippen molar-refractivity contribution in [3.63, 3.8) is 0 Å². The molecule has 0 N–H and O–H groups in total. The molecule has 0 saturated carbocycles. The molecule has 0 bridgehead atoms. The first-order chi connectivity index (χ1) is 14.2. The second kappa shape index (κ2) is 7.95. The van der Waals surface area contributed by atoms with Gasteiger partial charge in [-0.25, -0.2) is 0 Å². The third kappa shape index (κ3) is 3.59. The van der Waals surface area contributed by atoms with E-state index in [1.165, 1.54) is 0 Å². The second-order valence-corrected chi connectivity index (χ2v) is 17.9. The van der Waals surface area contributed by atoms with Crippen LogP contribution in [0, 0.1) is 41.0 Å². The summed E-state index contributed by atoms with van der Waals surface area (Å²) in [7, 11) is 0. The zero-order chi connectivity index (χ0) is 22.0. The summed E-state index contributed by atoms with van der Waals surface area (Å²) in [4.78, 5) is 23.7. The predicted molar refractivity (Wildman–Crippen MR) is 114 cm³/mol. The van der Waals surface area contributed by atoms with Gasteiger partial charge in [-0.05, 0) is 0 Å². The van der Waals surface area contributed by atoms with Gasteiger partial charge in [0.05, 0.1) is 0 Å².